The van der Waals surface area contributed by atoms with E-state index in [4.69, 9.17) is 5.73 Å². The highest BCUT2D eigenvalue weighted by Gasteiger charge is 1.99. The average Bonchev–Trinajstić information content (AvgIpc) is 2.15. The molecule has 3 heteroatoms. The molecule has 0 aliphatic carbocycles. The Morgan fingerprint density at radius 1 is 1.46 bits per heavy atom. The summed E-state index contributed by atoms with van der Waals surface area (Å²) in [5.74, 6) is 0.577. The van der Waals surface area contributed by atoms with Crippen molar-refractivity contribution in [1.29, 1.82) is 0 Å². The van der Waals surface area contributed by atoms with Crippen molar-refractivity contribution in [3.8, 4) is 0 Å². The molecule has 72 valence electrons. The first-order chi connectivity index (χ1) is 6.24. The highest BCUT2D eigenvalue weighted by molar-refractivity contribution is 5.47. The van der Waals surface area contributed by atoms with Crippen LogP contribution in [0.1, 0.15) is 19.8 Å². The normalized spacial score (nSPS) is 10.0. The van der Waals surface area contributed by atoms with Crippen molar-refractivity contribution >= 4 is 11.5 Å². The first kappa shape index (κ1) is 9.84. The number of anilines is 2. The number of rotatable bonds is 4. The minimum absolute atomic E-state index is 0.577. The second-order valence-corrected chi connectivity index (χ2v) is 3.22. The second-order valence-electron chi connectivity index (χ2n) is 3.22. The third-order valence-electron chi connectivity index (χ3n) is 2.06. The van der Waals surface area contributed by atoms with Crippen LogP contribution < -0.4 is 10.6 Å². The van der Waals surface area contributed by atoms with Crippen molar-refractivity contribution in [3.05, 3.63) is 18.3 Å². The number of pyridine rings is 1. The van der Waals surface area contributed by atoms with E-state index >= 15 is 0 Å². The molecule has 0 radical (unpaired) electrons. The van der Waals surface area contributed by atoms with Crippen LogP contribution >= 0.6 is 0 Å². The summed E-state index contributed by atoms with van der Waals surface area (Å²) < 4.78 is 0. The summed E-state index contributed by atoms with van der Waals surface area (Å²) in [7, 11) is 2.07. The molecule has 0 fully saturated rings. The summed E-state index contributed by atoms with van der Waals surface area (Å²) in [6.07, 6.45) is 4.23. The van der Waals surface area contributed by atoms with Gasteiger partial charge in [0.2, 0.25) is 0 Å². The van der Waals surface area contributed by atoms with Crippen molar-refractivity contribution in [2.24, 2.45) is 0 Å². The van der Waals surface area contributed by atoms with Gasteiger partial charge < -0.3 is 10.6 Å². The van der Waals surface area contributed by atoms with Crippen molar-refractivity contribution < 1.29 is 0 Å². The lowest BCUT2D eigenvalue weighted by molar-refractivity contribution is 0.766. The van der Waals surface area contributed by atoms with Gasteiger partial charge in [0, 0.05) is 13.6 Å². The van der Waals surface area contributed by atoms with Crippen LogP contribution in [0.25, 0.3) is 0 Å². The van der Waals surface area contributed by atoms with Crippen LogP contribution in [-0.2, 0) is 0 Å². The number of nitrogens with two attached hydrogens (primary N) is 1. The molecule has 13 heavy (non-hydrogen) atoms. The maximum atomic E-state index is 5.50. The Hall–Kier alpha value is -1.25. The first-order valence-corrected chi connectivity index (χ1v) is 4.66. The molecule has 1 rings (SSSR count). The molecule has 1 heterocycles. The number of nitrogen functional groups attached to an aromatic ring is 1. The maximum absolute atomic E-state index is 5.50. The van der Waals surface area contributed by atoms with Gasteiger partial charge in [-0.3, -0.25) is 0 Å². The molecule has 0 bridgehead atoms. The molecule has 0 spiro atoms. The molecular formula is C10H17N3. The van der Waals surface area contributed by atoms with Crippen LogP contribution in [0.15, 0.2) is 18.3 Å². The van der Waals surface area contributed by atoms with Crippen molar-refractivity contribution in [1.82, 2.24) is 4.98 Å². The maximum Gasteiger partial charge on any atom is 0.123 e. The fourth-order valence-corrected chi connectivity index (χ4v) is 1.15. The Bertz CT molecular complexity index is 243. The van der Waals surface area contributed by atoms with Gasteiger partial charge >= 0.3 is 0 Å². The molecule has 0 aromatic carbocycles. The molecule has 1 aromatic rings. The zero-order valence-corrected chi connectivity index (χ0v) is 8.33. The number of unbranched alkanes of at least 4 members (excludes halogenated alkanes) is 1. The highest BCUT2D eigenvalue weighted by atomic mass is 15.1. The molecule has 0 atom stereocenters. The van der Waals surface area contributed by atoms with E-state index in [0.717, 1.165) is 12.2 Å². The van der Waals surface area contributed by atoms with Crippen LogP contribution in [0.2, 0.25) is 0 Å². The first-order valence-electron chi connectivity index (χ1n) is 4.66. The summed E-state index contributed by atoms with van der Waals surface area (Å²) in [6, 6.07) is 3.83. The Labute approximate surface area is 79.6 Å². The Balaban J connectivity index is 2.55. The van der Waals surface area contributed by atoms with E-state index in [1.54, 1.807) is 0 Å². The number of hydrogen-bond donors (Lipinski definition) is 1. The Morgan fingerprint density at radius 2 is 2.23 bits per heavy atom. The van der Waals surface area contributed by atoms with Gasteiger partial charge in [-0.05, 0) is 18.6 Å². The van der Waals surface area contributed by atoms with E-state index in [9.17, 15) is 0 Å². The van der Waals surface area contributed by atoms with Gasteiger partial charge in [0.15, 0.2) is 0 Å². The van der Waals surface area contributed by atoms with Gasteiger partial charge in [-0.15, -0.1) is 0 Å². The van der Waals surface area contributed by atoms with Crippen LogP contribution in [0.4, 0.5) is 11.5 Å². The average molecular weight is 179 g/mol. The van der Waals surface area contributed by atoms with Crippen LogP contribution in [0.3, 0.4) is 0 Å². The van der Waals surface area contributed by atoms with Gasteiger partial charge in [-0.1, -0.05) is 13.3 Å². The predicted molar refractivity (Wildman–Crippen MR) is 56.8 cm³/mol. The third-order valence-corrected chi connectivity index (χ3v) is 2.06. The van der Waals surface area contributed by atoms with E-state index in [0.29, 0.717) is 5.82 Å². The van der Waals surface area contributed by atoms with Gasteiger partial charge in [-0.25, -0.2) is 4.98 Å². The standard InChI is InChI=1S/C10H17N3/c1-3-4-7-13(2)9-5-6-10(11)12-8-9/h5-6,8H,3-4,7H2,1-2H3,(H2,11,12). The summed E-state index contributed by atoms with van der Waals surface area (Å²) in [4.78, 5) is 6.23. The van der Waals surface area contributed by atoms with Crippen LogP contribution in [0, 0.1) is 0 Å². The predicted octanol–water partition coefficient (Wildman–Crippen LogP) is 1.90. The van der Waals surface area contributed by atoms with Gasteiger partial charge in [0.1, 0.15) is 5.82 Å². The fraction of sp³-hybridized carbons (Fsp3) is 0.500. The fourth-order valence-electron chi connectivity index (χ4n) is 1.15. The lowest BCUT2D eigenvalue weighted by Crippen LogP contribution is -2.18. The molecular weight excluding hydrogens is 162 g/mol. The van der Waals surface area contributed by atoms with E-state index in [1.807, 2.05) is 18.3 Å². The zero-order valence-electron chi connectivity index (χ0n) is 8.33. The SMILES string of the molecule is CCCCN(C)c1ccc(N)nc1. The summed E-state index contributed by atoms with van der Waals surface area (Å²) in [5.41, 5.74) is 6.62. The molecule has 0 saturated heterocycles. The summed E-state index contributed by atoms with van der Waals surface area (Å²) in [6.45, 7) is 3.26. The molecule has 0 amide bonds. The minimum atomic E-state index is 0.577. The molecule has 2 N–H and O–H groups in total. The highest BCUT2D eigenvalue weighted by Crippen LogP contribution is 2.12. The van der Waals surface area contributed by atoms with Gasteiger partial charge in [0.25, 0.3) is 0 Å². The van der Waals surface area contributed by atoms with E-state index < -0.39 is 0 Å². The zero-order chi connectivity index (χ0) is 9.68. The molecule has 0 aliphatic rings. The molecule has 0 aliphatic heterocycles. The Morgan fingerprint density at radius 3 is 2.77 bits per heavy atom. The van der Waals surface area contributed by atoms with E-state index in [1.165, 1.54) is 12.8 Å². The third kappa shape index (κ3) is 2.93. The van der Waals surface area contributed by atoms with Crippen molar-refractivity contribution in [3.63, 3.8) is 0 Å². The lowest BCUT2D eigenvalue weighted by atomic mass is 10.3. The summed E-state index contributed by atoms with van der Waals surface area (Å²) in [5, 5.41) is 0. The monoisotopic (exact) mass is 179 g/mol. The lowest BCUT2D eigenvalue weighted by Gasteiger charge is -2.18. The second kappa shape index (κ2) is 4.70. The topological polar surface area (TPSA) is 42.1 Å². The smallest absolute Gasteiger partial charge is 0.123 e. The molecule has 1 aromatic heterocycles. The Kier molecular flexibility index (Phi) is 3.55. The van der Waals surface area contributed by atoms with Gasteiger partial charge in [0.05, 0.1) is 11.9 Å². The van der Waals surface area contributed by atoms with Crippen LogP contribution in [0.5, 0.6) is 0 Å². The van der Waals surface area contributed by atoms with Crippen molar-refractivity contribution in [2.75, 3.05) is 24.2 Å². The molecule has 3 nitrogen and oxygen atoms in total. The largest absolute Gasteiger partial charge is 0.384 e. The minimum Gasteiger partial charge on any atom is -0.384 e. The van der Waals surface area contributed by atoms with Crippen LogP contribution in [-0.4, -0.2) is 18.6 Å². The number of hydrogen-bond acceptors (Lipinski definition) is 3. The number of nitrogens with zero attached hydrogens (tertiary/aromatic N) is 2. The molecule has 0 unspecified atom stereocenters. The van der Waals surface area contributed by atoms with Gasteiger partial charge in [-0.2, -0.15) is 0 Å². The molecule has 0 saturated carbocycles. The number of aromatic nitrogens is 1. The van der Waals surface area contributed by atoms with E-state index in [2.05, 4.69) is 23.9 Å². The van der Waals surface area contributed by atoms with Crippen molar-refractivity contribution in [2.45, 2.75) is 19.8 Å². The quantitative estimate of drug-likeness (QED) is 0.767. The summed E-state index contributed by atoms with van der Waals surface area (Å²) >= 11 is 0. The van der Waals surface area contributed by atoms with E-state index in [-0.39, 0.29) is 0 Å².